The molecule has 0 spiro atoms. The van der Waals surface area contributed by atoms with E-state index in [1.165, 1.54) is 19.2 Å². The number of thioether (sulfide) groups is 1. The van der Waals surface area contributed by atoms with Crippen LogP contribution in [0.25, 0.3) is 0 Å². The van der Waals surface area contributed by atoms with E-state index in [9.17, 15) is 0 Å². The molecule has 2 rings (SSSR count). The molecule has 1 aliphatic carbocycles. The predicted octanol–water partition coefficient (Wildman–Crippen LogP) is 2.44. The molecule has 1 aromatic heterocycles. The number of aromatic nitrogens is 2. The Labute approximate surface area is 92.7 Å². The lowest BCUT2D eigenvalue weighted by Gasteiger charge is -2.13. The van der Waals surface area contributed by atoms with Crippen molar-refractivity contribution in [3.05, 3.63) is 17.5 Å². The van der Waals surface area contributed by atoms with Crippen molar-refractivity contribution in [3.63, 3.8) is 0 Å². The average Bonchev–Trinajstić information content (AvgIpc) is 2.96. The van der Waals surface area contributed by atoms with Gasteiger partial charge in [-0.1, -0.05) is 11.6 Å². The largest absolute Gasteiger partial charge is 0.369 e. The standard InChI is InChI=1S/C9H12ClN3S/c1-14-9(2-3-9)5-11-8-4-7(10)12-6-13-8/h4,6H,2-3,5H2,1H3,(H,11,12,13). The fourth-order valence-electron chi connectivity index (χ4n) is 1.27. The summed E-state index contributed by atoms with van der Waals surface area (Å²) in [4.78, 5) is 7.92. The first kappa shape index (κ1) is 10.1. The highest BCUT2D eigenvalue weighted by Gasteiger charge is 2.41. The summed E-state index contributed by atoms with van der Waals surface area (Å²) in [6.45, 7) is 0.960. The van der Waals surface area contributed by atoms with Crippen molar-refractivity contribution in [2.45, 2.75) is 17.6 Å². The van der Waals surface area contributed by atoms with Gasteiger partial charge in [0, 0.05) is 17.4 Å². The van der Waals surface area contributed by atoms with Gasteiger partial charge in [-0.15, -0.1) is 0 Å². The lowest BCUT2D eigenvalue weighted by Crippen LogP contribution is -2.17. The minimum atomic E-state index is 0.442. The van der Waals surface area contributed by atoms with Crippen LogP contribution in [0.5, 0.6) is 0 Å². The molecule has 0 atom stereocenters. The van der Waals surface area contributed by atoms with Crippen LogP contribution in [-0.4, -0.2) is 27.5 Å². The number of hydrogen-bond acceptors (Lipinski definition) is 4. The van der Waals surface area contributed by atoms with Crippen LogP contribution in [0.4, 0.5) is 5.82 Å². The number of nitrogens with zero attached hydrogens (tertiary/aromatic N) is 2. The smallest absolute Gasteiger partial charge is 0.134 e. The summed E-state index contributed by atoms with van der Waals surface area (Å²) in [5.41, 5.74) is 0. The van der Waals surface area contributed by atoms with Crippen LogP contribution in [-0.2, 0) is 0 Å². The SMILES string of the molecule is CSC1(CNc2cc(Cl)ncn2)CC1. The maximum atomic E-state index is 5.75. The summed E-state index contributed by atoms with van der Waals surface area (Å²) in [5.74, 6) is 0.810. The molecule has 1 aliphatic rings. The first-order valence-electron chi connectivity index (χ1n) is 4.51. The highest BCUT2D eigenvalue weighted by molar-refractivity contribution is 8.00. The van der Waals surface area contributed by atoms with Crippen molar-refractivity contribution in [3.8, 4) is 0 Å². The molecule has 1 aromatic rings. The second-order valence-corrected chi connectivity index (χ2v) is 5.13. The van der Waals surface area contributed by atoms with Gasteiger partial charge in [-0.3, -0.25) is 0 Å². The lowest BCUT2D eigenvalue weighted by molar-refractivity contribution is 0.937. The molecule has 1 N–H and O–H groups in total. The van der Waals surface area contributed by atoms with Crippen LogP contribution in [0, 0.1) is 0 Å². The Morgan fingerprint density at radius 1 is 1.57 bits per heavy atom. The minimum absolute atomic E-state index is 0.442. The number of rotatable bonds is 4. The molecule has 5 heteroatoms. The van der Waals surface area contributed by atoms with Gasteiger partial charge in [0.15, 0.2) is 0 Å². The fraction of sp³-hybridized carbons (Fsp3) is 0.556. The summed E-state index contributed by atoms with van der Waals surface area (Å²) in [6, 6.07) is 1.75. The van der Waals surface area contributed by atoms with Crippen LogP contribution < -0.4 is 5.32 Å². The normalized spacial score (nSPS) is 17.9. The molecule has 0 amide bonds. The number of hydrogen-bond donors (Lipinski definition) is 1. The second-order valence-electron chi connectivity index (χ2n) is 3.47. The van der Waals surface area contributed by atoms with E-state index >= 15 is 0 Å². The van der Waals surface area contributed by atoms with Gasteiger partial charge >= 0.3 is 0 Å². The lowest BCUT2D eigenvalue weighted by atomic mass is 10.4. The molecule has 1 heterocycles. The monoisotopic (exact) mass is 229 g/mol. The van der Waals surface area contributed by atoms with Gasteiger partial charge in [-0.05, 0) is 19.1 Å². The zero-order valence-electron chi connectivity index (χ0n) is 7.96. The van der Waals surface area contributed by atoms with Crippen LogP contribution >= 0.6 is 23.4 Å². The van der Waals surface area contributed by atoms with Gasteiger partial charge in [-0.2, -0.15) is 11.8 Å². The predicted molar refractivity (Wildman–Crippen MR) is 61.0 cm³/mol. The minimum Gasteiger partial charge on any atom is -0.369 e. The molecule has 0 aliphatic heterocycles. The maximum Gasteiger partial charge on any atom is 0.134 e. The van der Waals surface area contributed by atoms with Gasteiger partial charge < -0.3 is 5.32 Å². The van der Waals surface area contributed by atoms with Gasteiger partial charge in [0.1, 0.15) is 17.3 Å². The van der Waals surface area contributed by atoms with E-state index < -0.39 is 0 Å². The number of nitrogens with one attached hydrogen (secondary N) is 1. The van der Waals surface area contributed by atoms with Crippen LogP contribution in [0.2, 0.25) is 5.15 Å². The van der Waals surface area contributed by atoms with E-state index in [1.54, 1.807) is 6.07 Å². The molecule has 0 bridgehead atoms. The highest BCUT2D eigenvalue weighted by atomic mass is 35.5. The van der Waals surface area contributed by atoms with Crippen molar-refractivity contribution in [2.24, 2.45) is 0 Å². The third kappa shape index (κ3) is 2.30. The second kappa shape index (κ2) is 3.95. The van der Waals surface area contributed by atoms with Gasteiger partial charge in [-0.25, -0.2) is 9.97 Å². The van der Waals surface area contributed by atoms with Crippen molar-refractivity contribution in [1.82, 2.24) is 9.97 Å². The molecule has 0 aromatic carbocycles. The topological polar surface area (TPSA) is 37.8 Å². The summed E-state index contributed by atoms with van der Waals surface area (Å²) in [7, 11) is 0. The third-order valence-corrected chi connectivity index (χ3v) is 4.09. The van der Waals surface area contributed by atoms with E-state index in [0.29, 0.717) is 9.90 Å². The van der Waals surface area contributed by atoms with E-state index in [-0.39, 0.29) is 0 Å². The maximum absolute atomic E-state index is 5.75. The Morgan fingerprint density at radius 2 is 2.36 bits per heavy atom. The average molecular weight is 230 g/mol. The van der Waals surface area contributed by atoms with Crippen molar-refractivity contribution >= 4 is 29.2 Å². The molecule has 3 nitrogen and oxygen atoms in total. The Balaban J connectivity index is 1.92. The summed E-state index contributed by atoms with van der Waals surface area (Å²) < 4.78 is 0.442. The molecule has 0 saturated heterocycles. The molecule has 0 radical (unpaired) electrons. The Bertz CT molecular complexity index is 328. The van der Waals surface area contributed by atoms with Crippen molar-refractivity contribution < 1.29 is 0 Å². The molecular weight excluding hydrogens is 218 g/mol. The molecule has 76 valence electrons. The first-order chi connectivity index (χ1) is 6.74. The van der Waals surface area contributed by atoms with E-state index in [4.69, 9.17) is 11.6 Å². The van der Waals surface area contributed by atoms with Crippen LogP contribution in [0.3, 0.4) is 0 Å². The fourth-order valence-corrected chi connectivity index (χ4v) is 2.15. The first-order valence-corrected chi connectivity index (χ1v) is 6.11. The van der Waals surface area contributed by atoms with E-state index in [2.05, 4.69) is 21.5 Å². The van der Waals surface area contributed by atoms with Gasteiger partial charge in [0.05, 0.1) is 0 Å². The Hall–Kier alpha value is -0.480. The summed E-state index contributed by atoms with van der Waals surface area (Å²) in [5, 5.41) is 3.77. The van der Waals surface area contributed by atoms with E-state index in [1.807, 2.05) is 11.8 Å². The Kier molecular flexibility index (Phi) is 2.83. The molecular formula is C9H12ClN3S. The summed E-state index contributed by atoms with van der Waals surface area (Å²) in [6.07, 6.45) is 6.21. The molecule has 1 saturated carbocycles. The van der Waals surface area contributed by atoms with Crippen LogP contribution in [0.1, 0.15) is 12.8 Å². The highest BCUT2D eigenvalue weighted by Crippen LogP contribution is 2.46. The van der Waals surface area contributed by atoms with Crippen LogP contribution in [0.15, 0.2) is 12.4 Å². The molecule has 0 unspecified atom stereocenters. The number of halogens is 1. The van der Waals surface area contributed by atoms with Crippen molar-refractivity contribution in [2.75, 3.05) is 18.1 Å². The van der Waals surface area contributed by atoms with E-state index in [0.717, 1.165) is 12.4 Å². The zero-order chi connectivity index (χ0) is 10.0. The van der Waals surface area contributed by atoms with Gasteiger partial charge in [0.2, 0.25) is 0 Å². The number of anilines is 1. The zero-order valence-corrected chi connectivity index (χ0v) is 9.53. The quantitative estimate of drug-likeness (QED) is 0.805. The summed E-state index contributed by atoms with van der Waals surface area (Å²) >= 11 is 7.67. The Morgan fingerprint density at radius 3 is 2.93 bits per heavy atom. The molecule has 14 heavy (non-hydrogen) atoms. The van der Waals surface area contributed by atoms with Crippen molar-refractivity contribution in [1.29, 1.82) is 0 Å². The third-order valence-electron chi connectivity index (χ3n) is 2.47. The molecule has 1 fully saturated rings. The van der Waals surface area contributed by atoms with Gasteiger partial charge in [0.25, 0.3) is 0 Å².